The van der Waals surface area contributed by atoms with Crippen molar-refractivity contribution < 1.29 is 9.53 Å². The van der Waals surface area contributed by atoms with E-state index in [9.17, 15) is 4.79 Å². The van der Waals surface area contributed by atoms with Crippen molar-refractivity contribution in [2.24, 2.45) is 0 Å². The Kier molecular flexibility index (Phi) is 4.98. The number of aromatic nitrogens is 3. The molecule has 1 aromatic carbocycles. The minimum atomic E-state index is -0.0159. The zero-order chi connectivity index (χ0) is 18.6. The van der Waals surface area contributed by atoms with Crippen molar-refractivity contribution in [2.45, 2.75) is 19.4 Å². The smallest absolute Gasteiger partial charge is 0.257 e. The van der Waals surface area contributed by atoms with E-state index in [0.29, 0.717) is 31.0 Å². The van der Waals surface area contributed by atoms with Crippen molar-refractivity contribution in [1.29, 1.82) is 0 Å². The number of nitrogens with zero attached hydrogens (tertiary/aromatic N) is 4. The fourth-order valence-corrected chi connectivity index (χ4v) is 3.28. The molecule has 0 radical (unpaired) electrons. The summed E-state index contributed by atoms with van der Waals surface area (Å²) in [6.07, 6.45) is 6.25. The van der Waals surface area contributed by atoms with Crippen molar-refractivity contribution in [3.8, 4) is 16.9 Å². The van der Waals surface area contributed by atoms with Gasteiger partial charge in [-0.2, -0.15) is 5.10 Å². The first-order valence-electron chi connectivity index (χ1n) is 9.22. The van der Waals surface area contributed by atoms with Gasteiger partial charge in [-0.1, -0.05) is 25.1 Å². The number of amides is 1. The fourth-order valence-electron chi connectivity index (χ4n) is 3.28. The summed E-state index contributed by atoms with van der Waals surface area (Å²) in [5, 5.41) is 4.70. The van der Waals surface area contributed by atoms with E-state index in [1.54, 1.807) is 17.1 Å². The van der Waals surface area contributed by atoms with E-state index in [0.717, 1.165) is 17.7 Å². The van der Waals surface area contributed by atoms with Crippen LogP contribution < -0.4 is 0 Å². The predicted molar refractivity (Wildman–Crippen MR) is 103 cm³/mol. The van der Waals surface area contributed by atoms with Crippen molar-refractivity contribution in [1.82, 2.24) is 19.7 Å². The molecule has 1 aliphatic heterocycles. The summed E-state index contributed by atoms with van der Waals surface area (Å²) in [5.74, 6) is -0.0159. The average molecular weight is 362 g/mol. The van der Waals surface area contributed by atoms with Gasteiger partial charge in [0.15, 0.2) is 0 Å². The quantitative estimate of drug-likeness (QED) is 0.715. The Balaban J connectivity index is 1.74. The van der Waals surface area contributed by atoms with E-state index in [2.05, 4.69) is 11.9 Å². The zero-order valence-electron chi connectivity index (χ0n) is 15.3. The summed E-state index contributed by atoms with van der Waals surface area (Å²) in [7, 11) is 0. The molecule has 27 heavy (non-hydrogen) atoms. The van der Waals surface area contributed by atoms with Crippen molar-refractivity contribution in [3.63, 3.8) is 0 Å². The summed E-state index contributed by atoms with van der Waals surface area (Å²) in [4.78, 5) is 19.3. The Morgan fingerprint density at radius 1 is 1.22 bits per heavy atom. The topological polar surface area (TPSA) is 60.2 Å². The van der Waals surface area contributed by atoms with Crippen LogP contribution >= 0.6 is 0 Å². The largest absolute Gasteiger partial charge is 0.375 e. The molecule has 138 valence electrons. The lowest BCUT2D eigenvalue weighted by Gasteiger charge is -2.32. The maximum Gasteiger partial charge on any atom is 0.257 e. The Labute approximate surface area is 158 Å². The minimum absolute atomic E-state index is 0.0159. The lowest BCUT2D eigenvalue weighted by molar-refractivity contribution is -0.0226. The molecule has 1 fully saturated rings. The molecular formula is C21H22N4O2. The maximum atomic E-state index is 13.3. The molecule has 1 atom stereocenters. The highest BCUT2D eigenvalue weighted by Gasteiger charge is 2.28. The normalized spacial score (nSPS) is 17.1. The maximum absolute atomic E-state index is 13.3. The summed E-state index contributed by atoms with van der Waals surface area (Å²) >= 11 is 0. The molecule has 6 nitrogen and oxygen atoms in total. The Morgan fingerprint density at radius 3 is 2.81 bits per heavy atom. The number of rotatable bonds is 4. The molecule has 0 aliphatic carbocycles. The van der Waals surface area contributed by atoms with Gasteiger partial charge < -0.3 is 9.64 Å². The highest BCUT2D eigenvalue weighted by molar-refractivity contribution is 6.00. The number of ether oxygens (including phenoxy) is 1. The van der Waals surface area contributed by atoms with E-state index in [1.807, 2.05) is 53.6 Å². The fraction of sp³-hybridized carbons (Fsp3) is 0.286. The molecule has 4 rings (SSSR count). The first-order valence-corrected chi connectivity index (χ1v) is 9.22. The first kappa shape index (κ1) is 17.4. The predicted octanol–water partition coefficient (Wildman–Crippen LogP) is 3.19. The van der Waals surface area contributed by atoms with Crippen LogP contribution in [-0.2, 0) is 4.74 Å². The minimum Gasteiger partial charge on any atom is -0.375 e. The van der Waals surface area contributed by atoms with Gasteiger partial charge in [-0.15, -0.1) is 0 Å². The Hall–Kier alpha value is -2.99. The van der Waals surface area contributed by atoms with E-state index < -0.39 is 0 Å². The number of hydrogen-bond donors (Lipinski definition) is 0. The Morgan fingerprint density at radius 2 is 2.07 bits per heavy atom. The van der Waals surface area contributed by atoms with Gasteiger partial charge in [0.2, 0.25) is 0 Å². The molecule has 0 bridgehead atoms. The average Bonchev–Trinajstić information content (AvgIpc) is 3.20. The van der Waals surface area contributed by atoms with Crippen LogP contribution in [0.3, 0.4) is 0 Å². The van der Waals surface area contributed by atoms with E-state index in [1.165, 1.54) is 0 Å². The van der Waals surface area contributed by atoms with Gasteiger partial charge in [0.05, 0.1) is 24.0 Å². The second kappa shape index (κ2) is 7.72. The highest BCUT2D eigenvalue weighted by Crippen LogP contribution is 2.25. The molecule has 0 unspecified atom stereocenters. The molecule has 3 aromatic rings. The molecule has 1 saturated heterocycles. The molecule has 2 aromatic heterocycles. The summed E-state index contributed by atoms with van der Waals surface area (Å²) in [5.41, 5.74) is 2.98. The van der Waals surface area contributed by atoms with Crippen LogP contribution in [0.15, 0.2) is 61.1 Å². The standard InChI is InChI=1S/C21H22N4O2/c1-2-18-14-24(11-12-27-18)21(26)19-15-25(17-8-4-3-5-9-17)23-20(19)16-7-6-10-22-13-16/h3-10,13,15,18H,2,11-12,14H2,1H3/t18-/m1/s1. The molecule has 1 aliphatic rings. The van der Waals surface area contributed by atoms with E-state index >= 15 is 0 Å². The van der Waals surface area contributed by atoms with Gasteiger partial charge in [-0.3, -0.25) is 9.78 Å². The van der Waals surface area contributed by atoms with Crippen molar-refractivity contribution >= 4 is 5.91 Å². The lowest BCUT2D eigenvalue weighted by Crippen LogP contribution is -2.45. The van der Waals surface area contributed by atoms with Gasteiger partial charge in [0.25, 0.3) is 5.91 Å². The molecule has 1 amide bonds. The van der Waals surface area contributed by atoms with Gasteiger partial charge >= 0.3 is 0 Å². The van der Waals surface area contributed by atoms with Crippen LogP contribution in [0, 0.1) is 0 Å². The van der Waals surface area contributed by atoms with Crippen molar-refractivity contribution in [3.05, 3.63) is 66.6 Å². The number of hydrogen-bond acceptors (Lipinski definition) is 4. The van der Waals surface area contributed by atoms with Crippen LogP contribution in [0.2, 0.25) is 0 Å². The second-order valence-electron chi connectivity index (χ2n) is 6.57. The van der Waals surface area contributed by atoms with Gasteiger partial charge in [-0.25, -0.2) is 4.68 Å². The van der Waals surface area contributed by atoms with Crippen molar-refractivity contribution in [2.75, 3.05) is 19.7 Å². The van der Waals surface area contributed by atoms with E-state index in [-0.39, 0.29) is 12.0 Å². The van der Waals surface area contributed by atoms with Gasteiger partial charge in [0, 0.05) is 37.2 Å². The zero-order valence-corrected chi connectivity index (χ0v) is 15.3. The molecule has 6 heteroatoms. The summed E-state index contributed by atoms with van der Waals surface area (Å²) in [6.45, 7) is 3.85. The monoisotopic (exact) mass is 362 g/mol. The SMILES string of the molecule is CC[C@@H]1CN(C(=O)c2cn(-c3ccccc3)nc2-c2cccnc2)CCO1. The number of para-hydroxylation sites is 1. The summed E-state index contributed by atoms with van der Waals surface area (Å²) in [6, 6.07) is 13.6. The molecule has 0 saturated carbocycles. The van der Waals surface area contributed by atoms with Crippen LogP contribution in [0.5, 0.6) is 0 Å². The third kappa shape index (κ3) is 3.61. The molecule has 0 N–H and O–H groups in total. The van der Waals surface area contributed by atoms with Crippen LogP contribution in [0.25, 0.3) is 16.9 Å². The number of benzene rings is 1. The molecule has 3 heterocycles. The number of pyridine rings is 1. The van der Waals surface area contributed by atoms with Gasteiger partial charge in [-0.05, 0) is 30.7 Å². The second-order valence-corrected chi connectivity index (χ2v) is 6.57. The van der Waals surface area contributed by atoms with Crippen LogP contribution in [-0.4, -0.2) is 51.4 Å². The Bertz CT molecular complexity index is 908. The first-order chi connectivity index (χ1) is 13.3. The van der Waals surface area contributed by atoms with Gasteiger partial charge in [0.1, 0.15) is 5.69 Å². The molecular weight excluding hydrogens is 340 g/mol. The number of morpholine rings is 1. The third-order valence-electron chi connectivity index (χ3n) is 4.78. The third-order valence-corrected chi connectivity index (χ3v) is 4.78. The highest BCUT2D eigenvalue weighted by atomic mass is 16.5. The number of carbonyl (C=O) groups is 1. The summed E-state index contributed by atoms with van der Waals surface area (Å²) < 4.78 is 7.47. The number of carbonyl (C=O) groups excluding carboxylic acids is 1. The van der Waals surface area contributed by atoms with Crippen LogP contribution in [0.4, 0.5) is 0 Å². The van der Waals surface area contributed by atoms with E-state index in [4.69, 9.17) is 9.84 Å². The lowest BCUT2D eigenvalue weighted by atomic mass is 10.1. The molecule has 0 spiro atoms. The van der Waals surface area contributed by atoms with Crippen LogP contribution in [0.1, 0.15) is 23.7 Å².